The molecule has 2 aromatic carbocycles. The molecule has 1 unspecified atom stereocenters. The molecular weight excluding hydrogens is 352 g/mol. The van der Waals surface area contributed by atoms with E-state index >= 15 is 0 Å². The zero-order valence-corrected chi connectivity index (χ0v) is 17.0. The highest BCUT2D eigenvalue weighted by molar-refractivity contribution is 5.97. The van der Waals surface area contributed by atoms with Crippen LogP contribution in [0.3, 0.4) is 0 Å². The Balaban J connectivity index is 1.69. The van der Waals surface area contributed by atoms with E-state index in [0.29, 0.717) is 17.8 Å². The molecular formula is C22H28N4O2. The molecule has 28 heavy (non-hydrogen) atoms. The minimum absolute atomic E-state index is 0.0802. The third kappa shape index (κ3) is 4.51. The molecule has 0 aromatic heterocycles. The van der Waals surface area contributed by atoms with Gasteiger partial charge in [0.05, 0.1) is 6.54 Å². The molecule has 1 aliphatic rings. The number of para-hydroxylation sites is 1. The fourth-order valence-electron chi connectivity index (χ4n) is 3.59. The summed E-state index contributed by atoms with van der Waals surface area (Å²) in [6.07, 6.45) is 0. The van der Waals surface area contributed by atoms with Crippen molar-refractivity contribution in [1.29, 1.82) is 0 Å². The second-order valence-corrected chi connectivity index (χ2v) is 7.59. The lowest BCUT2D eigenvalue weighted by Crippen LogP contribution is -2.42. The van der Waals surface area contributed by atoms with Crippen LogP contribution in [0.4, 0.5) is 11.4 Å². The van der Waals surface area contributed by atoms with Gasteiger partial charge in [-0.3, -0.25) is 14.5 Å². The van der Waals surface area contributed by atoms with Gasteiger partial charge in [0.1, 0.15) is 0 Å². The molecule has 0 saturated heterocycles. The highest BCUT2D eigenvalue weighted by Crippen LogP contribution is 2.25. The Labute approximate surface area is 166 Å². The lowest BCUT2D eigenvalue weighted by molar-refractivity contribution is -0.117. The maximum Gasteiger partial charge on any atom is 0.253 e. The maximum atomic E-state index is 12.7. The van der Waals surface area contributed by atoms with Crippen molar-refractivity contribution in [3.05, 3.63) is 59.7 Å². The molecule has 0 fully saturated rings. The highest BCUT2D eigenvalue weighted by atomic mass is 16.2. The van der Waals surface area contributed by atoms with Gasteiger partial charge in [0.15, 0.2) is 0 Å². The van der Waals surface area contributed by atoms with Gasteiger partial charge in [-0.15, -0.1) is 0 Å². The minimum Gasteiger partial charge on any atom is -0.373 e. The Morgan fingerprint density at radius 3 is 2.64 bits per heavy atom. The molecule has 6 heteroatoms. The summed E-state index contributed by atoms with van der Waals surface area (Å²) in [5.41, 5.74) is 3.63. The van der Waals surface area contributed by atoms with Crippen LogP contribution in [0.15, 0.2) is 48.5 Å². The summed E-state index contributed by atoms with van der Waals surface area (Å²) < 4.78 is 0. The first kappa shape index (κ1) is 19.9. The zero-order chi connectivity index (χ0) is 20.3. The van der Waals surface area contributed by atoms with Crippen molar-refractivity contribution in [2.75, 3.05) is 44.4 Å². The first-order valence-electron chi connectivity index (χ1n) is 9.50. The van der Waals surface area contributed by atoms with E-state index in [4.69, 9.17) is 0 Å². The number of carbonyl (C=O) groups excluding carboxylic acids is 2. The third-order valence-electron chi connectivity index (χ3n) is 5.08. The van der Waals surface area contributed by atoms with Gasteiger partial charge in [0.2, 0.25) is 5.91 Å². The molecule has 1 aliphatic heterocycles. The van der Waals surface area contributed by atoms with Crippen LogP contribution in [0.1, 0.15) is 22.8 Å². The number of rotatable bonds is 4. The van der Waals surface area contributed by atoms with Crippen molar-refractivity contribution >= 4 is 23.2 Å². The number of amides is 2. The van der Waals surface area contributed by atoms with E-state index in [1.54, 1.807) is 38.4 Å². The van der Waals surface area contributed by atoms with Crippen molar-refractivity contribution in [3.63, 3.8) is 0 Å². The average molecular weight is 380 g/mol. The van der Waals surface area contributed by atoms with Gasteiger partial charge in [0, 0.05) is 57.2 Å². The van der Waals surface area contributed by atoms with Crippen LogP contribution < -0.4 is 10.2 Å². The van der Waals surface area contributed by atoms with E-state index in [9.17, 15) is 9.59 Å². The topological polar surface area (TPSA) is 55.9 Å². The number of carbonyl (C=O) groups is 2. The molecule has 0 spiro atoms. The van der Waals surface area contributed by atoms with E-state index in [-0.39, 0.29) is 17.9 Å². The van der Waals surface area contributed by atoms with Crippen LogP contribution in [0.5, 0.6) is 0 Å². The first-order valence-corrected chi connectivity index (χ1v) is 9.50. The van der Waals surface area contributed by atoms with Crippen molar-refractivity contribution in [2.45, 2.75) is 19.5 Å². The van der Waals surface area contributed by atoms with Gasteiger partial charge >= 0.3 is 0 Å². The number of nitrogens with zero attached hydrogens (tertiary/aromatic N) is 3. The Kier molecular flexibility index (Phi) is 5.99. The van der Waals surface area contributed by atoms with Crippen molar-refractivity contribution in [2.24, 2.45) is 0 Å². The predicted octanol–water partition coefficient (Wildman–Crippen LogP) is 2.67. The van der Waals surface area contributed by atoms with Gasteiger partial charge in [-0.1, -0.05) is 24.3 Å². The van der Waals surface area contributed by atoms with E-state index in [2.05, 4.69) is 41.2 Å². The Hall–Kier alpha value is -2.86. The standard InChI is InChI=1S/C22H28N4O2/c1-16-13-25(4)20-11-6-5-8-18(20)14-26(16)15-21(27)23-19-10-7-9-17(12-19)22(28)24(2)3/h5-12,16H,13-15H2,1-4H3,(H,23,27). The number of benzene rings is 2. The summed E-state index contributed by atoms with van der Waals surface area (Å²) in [6, 6.07) is 15.6. The number of fused-ring (bicyclic) bond motifs is 1. The smallest absolute Gasteiger partial charge is 0.253 e. The second kappa shape index (κ2) is 8.44. The van der Waals surface area contributed by atoms with Gasteiger partial charge in [-0.05, 0) is 36.8 Å². The monoisotopic (exact) mass is 380 g/mol. The Bertz CT molecular complexity index is 865. The van der Waals surface area contributed by atoms with Crippen LogP contribution >= 0.6 is 0 Å². The average Bonchev–Trinajstić information content (AvgIpc) is 2.78. The van der Waals surface area contributed by atoms with Crippen molar-refractivity contribution in [1.82, 2.24) is 9.80 Å². The summed E-state index contributed by atoms with van der Waals surface area (Å²) in [7, 11) is 5.51. The fraction of sp³-hybridized carbons (Fsp3) is 0.364. The second-order valence-electron chi connectivity index (χ2n) is 7.59. The van der Waals surface area contributed by atoms with Crippen LogP contribution in [0.25, 0.3) is 0 Å². The van der Waals surface area contributed by atoms with Gasteiger partial charge in [0.25, 0.3) is 5.91 Å². The summed E-state index contributed by atoms with van der Waals surface area (Å²) >= 11 is 0. The molecule has 3 rings (SSSR count). The molecule has 0 aliphatic carbocycles. The molecule has 0 bridgehead atoms. The molecule has 0 radical (unpaired) electrons. The van der Waals surface area contributed by atoms with Crippen molar-refractivity contribution in [3.8, 4) is 0 Å². The minimum atomic E-state index is -0.0862. The van der Waals surface area contributed by atoms with Crippen molar-refractivity contribution < 1.29 is 9.59 Å². The summed E-state index contributed by atoms with van der Waals surface area (Å²) in [5, 5.41) is 2.93. The van der Waals surface area contributed by atoms with Crippen LogP contribution in [0, 0.1) is 0 Å². The van der Waals surface area contributed by atoms with Crippen LogP contribution in [-0.4, -0.2) is 61.9 Å². The summed E-state index contributed by atoms with van der Waals surface area (Å²) in [6.45, 7) is 4.03. The summed E-state index contributed by atoms with van der Waals surface area (Å²) in [4.78, 5) is 30.8. The fourth-order valence-corrected chi connectivity index (χ4v) is 3.59. The molecule has 148 valence electrons. The third-order valence-corrected chi connectivity index (χ3v) is 5.08. The molecule has 1 N–H and O–H groups in total. The Morgan fingerprint density at radius 2 is 1.89 bits per heavy atom. The summed E-state index contributed by atoms with van der Waals surface area (Å²) in [5.74, 6) is -0.166. The van der Waals surface area contributed by atoms with E-state index in [0.717, 1.165) is 13.1 Å². The van der Waals surface area contributed by atoms with Crippen LogP contribution in [0.2, 0.25) is 0 Å². The van der Waals surface area contributed by atoms with Gasteiger partial charge in [-0.25, -0.2) is 0 Å². The Morgan fingerprint density at radius 1 is 1.14 bits per heavy atom. The number of likely N-dealkylation sites (N-methyl/N-ethyl adjacent to an activating group) is 1. The lowest BCUT2D eigenvalue weighted by atomic mass is 10.1. The SMILES string of the molecule is CC1CN(C)c2ccccc2CN1CC(=O)Nc1cccc(C(=O)N(C)C)c1. The molecule has 2 amide bonds. The molecule has 6 nitrogen and oxygen atoms in total. The normalized spacial score (nSPS) is 16.9. The number of nitrogens with one attached hydrogen (secondary N) is 1. The number of hydrogen-bond donors (Lipinski definition) is 1. The van der Waals surface area contributed by atoms with Crippen LogP contribution in [-0.2, 0) is 11.3 Å². The van der Waals surface area contributed by atoms with E-state index in [1.165, 1.54) is 16.2 Å². The number of anilines is 2. The molecule has 1 atom stereocenters. The van der Waals surface area contributed by atoms with Gasteiger partial charge in [-0.2, -0.15) is 0 Å². The lowest BCUT2D eigenvalue weighted by Gasteiger charge is -2.27. The maximum absolute atomic E-state index is 12.7. The largest absolute Gasteiger partial charge is 0.373 e. The molecule has 1 heterocycles. The molecule has 2 aromatic rings. The highest BCUT2D eigenvalue weighted by Gasteiger charge is 2.24. The predicted molar refractivity (Wildman–Crippen MR) is 113 cm³/mol. The number of hydrogen-bond acceptors (Lipinski definition) is 4. The van der Waals surface area contributed by atoms with Gasteiger partial charge < -0.3 is 15.1 Å². The first-order chi connectivity index (χ1) is 13.3. The van der Waals surface area contributed by atoms with E-state index in [1.807, 2.05) is 12.1 Å². The zero-order valence-electron chi connectivity index (χ0n) is 17.0. The quantitative estimate of drug-likeness (QED) is 0.886. The van der Waals surface area contributed by atoms with E-state index < -0.39 is 0 Å². The molecule has 0 saturated carbocycles.